The molecule has 2 heterocycles. The van der Waals surface area contributed by atoms with E-state index in [2.05, 4.69) is 34.0 Å². The van der Waals surface area contributed by atoms with E-state index in [0.717, 1.165) is 37.8 Å². The highest BCUT2D eigenvalue weighted by Gasteiger charge is 2.20. The highest BCUT2D eigenvalue weighted by molar-refractivity contribution is 5.84. The molecule has 1 aliphatic heterocycles. The molecule has 1 aliphatic rings. The standard InChI is InChI=1S/C16H26N4O2/c1-12-7-13(2)11-20(10-12)6-4-3-5-17-15-9-18-14(8-19-15)16(21)22/h8-9,12-13H,3-7,10-11H2,1-2H3,(H,17,19)(H,21,22). The first-order valence-electron chi connectivity index (χ1n) is 8.06. The van der Waals surface area contributed by atoms with Gasteiger partial charge in [0.1, 0.15) is 5.82 Å². The Hall–Kier alpha value is -1.69. The van der Waals surface area contributed by atoms with E-state index in [-0.39, 0.29) is 5.69 Å². The molecule has 0 bridgehead atoms. The second-order valence-electron chi connectivity index (χ2n) is 6.43. The monoisotopic (exact) mass is 306 g/mol. The van der Waals surface area contributed by atoms with Crippen molar-refractivity contribution < 1.29 is 9.90 Å². The van der Waals surface area contributed by atoms with Crippen molar-refractivity contribution in [3.05, 3.63) is 18.1 Å². The second kappa shape index (κ2) is 8.08. The first kappa shape index (κ1) is 16.7. The molecule has 2 N–H and O–H groups in total. The zero-order valence-corrected chi connectivity index (χ0v) is 13.5. The molecule has 0 aliphatic carbocycles. The molecule has 2 rings (SSSR count). The molecule has 6 heteroatoms. The van der Waals surface area contributed by atoms with Gasteiger partial charge in [0.25, 0.3) is 0 Å². The van der Waals surface area contributed by atoms with E-state index in [9.17, 15) is 4.79 Å². The van der Waals surface area contributed by atoms with E-state index in [0.29, 0.717) is 5.82 Å². The summed E-state index contributed by atoms with van der Waals surface area (Å²) in [5, 5.41) is 11.9. The third kappa shape index (κ3) is 5.26. The van der Waals surface area contributed by atoms with Crippen LogP contribution in [0.2, 0.25) is 0 Å². The summed E-state index contributed by atoms with van der Waals surface area (Å²) in [6.45, 7) is 9.10. The van der Waals surface area contributed by atoms with Crippen LogP contribution in [0.1, 0.15) is 43.6 Å². The molecule has 0 spiro atoms. The molecule has 1 aromatic heterocycles. The van der Waals surface area contributed by atoms with Gasteiger partial charge in [-0.2, -0.15) is 0 Å². The lowest BCUT2D eigenvalue weighted by atomic mass is 9.92. The minimum absolute atomic E-state index is 0.0288. The number of aromatic carboxylic acids is 1. The lowest BCUT2D eigenvalue weighted by Crippen LogP contribution is -2.39. The van der Waals surface area contributed by atoms with Crippen molar-refractivity contribution in [2.75, 3.05) is 31.5 Å². The summed E-state index contributed by atoms with van der Waals surface area (Å²) < 4.78 is 0. The maximum Gasteiger partial charge on any atom is 0.356 e. The predicted octanol–water partition coefficient (Wildman–Crippen LogP) is 2.34. The van der Waals surface area contributed by atoms with Gasteiger partial charge in [0.2, 0.25) is 0 Å². The van der Waals surface area contributed by atoms with Crippen molar-refractivity contribution in [2.45, 2.75) is 33.1 Å². The van der Waals surface area contributed by atoms with E-state index < -0.39 is 5.97 Å². The van der Waals surface area contributed by atoms with Crippen LogP contribution in [0.4, 0.5) is 5.82 Å². The summed E-state index contributed by atoms with van der Waals surface area (Å²) in [4.78, 5) is 21.1. The number of hydrogen-bond acceptors (Lipinski definition) is 5. The lowest BCUT2D eigenvalue weighted by Gasteiger charge is -2.34. The largest absolute Gasteiger partial charge is 0.476 e. The van der Waals surface area contributed by atoms with Gasteiger partial charge in [-0.1, -0.05) is 13.8 Å². The second-order valence-corrected chi connectivity index (χ2v) is 6.43. The van der Waals surface area contributed by atoms with E-state index in [1.54, 1.807) is 0 Å². The van der Waals surface area contributed by atoms with Gasteiger partial charge in [0, 0.05) is 19.6 Å². The number of nitrogens with zero attached hydrogens (tertiary/aromatic N) is 3. The average Bonchev–Trinajstić information content (AvgIpc) is 2.46. The van der Waals surface area contributed by atoms with Crippen molar-refractivity contribution in [2.24, 2.45) is 11.8 Å². The van der Waals surface area contributed by atoms with Crippen LogP contribution in [-0.2, 0) is 0 Å². The maximum absolute atomic E-state index is 10.7. The minimum Gasteiger partial charge on any atom is -0.476 e. The molecular formula is C16H26N4O2. The average molecular weight is 306 g/mol. The van der Waals surface area contributed by atoms with Crippen LogP contribution in [-0.4, -0.2) is 52.1 Å². The number of carboxylic acids is 1. The van der Waals surface area contributed by atoms with Gasteiger partial charge in [-0.3, -0.25) is 0 Å². The SMILES string of the molecule is CC1CC(C)CN(CCCCNc2cnc(C(=O)O)cn2)C1. The summed E-state index contributed by atoms with van der Waals surface area (Å²) in [6, 6.07) is 0. The molecule has 2 unspecified atom stereocenters. The third-order valence-corrected chi connectivity index (χ3v) is 4.02. The summed E-state index contributed by atoms with van der Waals surface area (Å²) in [6.07, 6.45) is 6.33. The Bertz CT molecular complexity index is 468. The lowest BCUT2D eigenvalue weighted by molar-refractivity contribution is 0.0690. The minimum atomic E-state index is -1.05. The van der Waals surface area contributed by atoms with E-state index in [1.165, 1.54) is 31.9 Å². The van der Waals surface area contributed by atoms with Crippen molar-refractivity contribution in [3.8, 4) is 0 Å². The number of hydrogen-bond donors (Lipinski definition) is 2. The van der Waals surface area contributed by atoms with Gasteiger partial charge >= 0.3 is 5.97 Å². The van der Waals surface area contributed by atoms with Gasteiger partial charge < -0.3 is 15.3 Å². The molecule has 0 saturated carbocycles. The third-order valence-electron chi connectivity index (χ3n) is 4.02. The summed E-state index contributed by atoms with van der Waals surface area (Å²) in [7, 11) is 0. The zero-order chi connectivity index (χ0) is 15.9. The quantitative estimate of drug-likeness (QED) is 0.753. The topological polar surface area (TPSA) is 78.4 Å². The van der Waals surface area contributed by atoms with Crippen LogP contribution in [0.15, 0.2) is 12.4 Å². The van der Waals surface area contributed by atoms with E-state index in [1.807, 2.05) is 0 Å². The van der Waals surface area contributed by atoms with Crippen LogP contribution in [0, 0.1) is 11.8 Å². The van der Waals surface area contributed by atoms with Crippen molar-refractivity contribution in [1.82, 2.24) is 14.9 Å². The Kier molecular flexibility index (Phi) is 6.12. The van der Waals surface area contributed by atoms with Gasteiger partial charge in [-0.15, -0.1) is 0 Å². The van der Waals surface area contributed by atoms with E-state index in [4.69, 9.17) is 5.11 Å². The number of carbonyl (C=O) groups is 1. The Labute approximate surface area is 132 Å². The maximum atomic E-state index is 10.7. The Morgan fingerprint density at radius 2 is 2.00 bits per heavy atom. The number of unbranched alkanes of at least 4 members (excludes halogenated alkanes) is 1. The van der Waals surface area contributed by atoms with Crippen LogP contribution < -0.4 is 5.32 Å². The first-order chi connectivity index (χ1) is 10.5. The molecular weight excluding hydrogens is 280 g/mol. The number of piperidine rings is 1. The normalized spacial score (nSPS) is 22.5. The fourth-order valence-corrected chi connectivity index (χ4v) is 3.18. The molecule has 1 aromatic rings. The van der Waals surface area contributed by atoms with Crippen LogP contribution in [0.25, 0.3) is 0 Å². The van der Waals surface area contributed by atoms with Crippen LogP contribution in [0.5, 0.6) is 0 Å². The Morgan fingerprint density at radius 1 is 1.27 bits per heavy atom. The number of aromatic nitrogens is 2. The van der Waals surface area contributed by atoms with Gasteiger partial charge in [0.05, 0.1) is 12.4 Å². The Morgan fingerprint density at radius 3 is 2.59 bits per heavy atom. The van der Waals surface area contributed by atoms with Gasteiger partial charge in [-0.05, 0) is 37.6 Å². The summed E-state index contributed by atoms with van der Waals surface area (Å²) in [5.74, 6) is 1.20. The highest BCUT2D eigenvalue weighted by Crippen LogP contribution is 2.20. The number of likely N-dealkylation sites (tertiary alicyclic amines) is 1. The van der Waals surface area contributed by atoms with Gasteiger partial charge in [0.15, 0.2) is 5.69 Å². The predicted molar refractivity (Wildman–Crippen MR) is 86.1 cm³/mol. The number of rotatable bonds is 7. The summed E-state index contributed by atoms with van der Waals surface area (Å²) >= 11 is 0. The Balaban J connectivity index is 1.62. The zero-order valence-electron chi connectivity index (χ0n) is 13.5. The fraction of sp³-hybridized carbons (Fsp3) is 0.688. The van der Waals surface area contributed by atoms with Gasteiger partial charge in [-0.25, -0.2) is 14.8 Å². The number of anilines is 1. The molecule has 0 aromatic carbocycles. The van der Waals surface area contributed by atoms with Crippen molar-refractivity contribution in [1.29, 1.82) is 0 Å². The summed E-state index contributed by atoms with van der Waals surface area (Å²) in [5.41, 5.74) is -0.0288. The molecule has 22 heavy (non-hydrogen) atoms. The molecule has 122 valence electrons. The van der Waals surface area contributed by atoms with Crippen LogP contribution in [0.3, 0.4) is 0 Å². The molecule has 6 nitrogen and oxygen atoms in total. The number of nitrogens with one attached hydrogen (secondary N) is 1. The first-order valence-corrected chi connectivity index (χ1v) is 8.06. The smallest absolute Gasteiger partial charge is 0.356 e. The van der Waals surface area contributed by atoms with Crippen molar-refractivity contribution >= 4 is 11.8 Å². The fourth-order valence-electron chi connectivity index (χ4n) is 3.18. The highest BCUT2D eigenvalue weighted by atomic mass is 16.4. The van der Waals surface area contributed by atoms with E-state index >= 15 is 0 Å². The van der Waals surface area contributed by atoms with Crippen LogP contribution >= 0.6 is 0 Å². The molecule has 1 saturated heterocycles. The number of carboxylic acid groups (broad SMARTS) is 1. The molecule has 2 atom stereocenters. The molecule has 1 fully saturated rings. The van der Waals surface area contributed by atoms with Crippen molar-refractivity contribution in [3.63, 3.8) is 0 Å². The molecule has 0 amide bonds. The molecule has 0 radical (unpaired) electrons.